The number of ether oxygens (including phenoxy) is 2. The molecule has 0 unspecified atom stereocenters. The van der Waals surface area contributed by atoms with Crippen molar-refractivity contribution in [3.8, 4) is 11.5 Å². The largest absolute Gasteiger partial charge is 0.506 e. The maximum absolute atomic E-state index is 14.0. The molecule has 0 bridgehead atoms. The summed E-state index contributed by atoms with van der Waals surface area (Å²) in [7, 11) is 0. The van der Waals surface area contributed by atoms with Gasteiger partial charge in [-0.3, -0.25) is 9.36 Å². The molecule has 40 heavy (non-hydrogen) atoms. The van der Waals surface area contributed by atoms with E-state index in [0.29, 0.717) is 42.1 Å². The van der Waals surface area contributed by atoms with Gasteiger partial charge in [-0.15, -0.1) is 0 Å². The topological polar surface area (TPSA) is 90.1 Å². The molecule has 1 aromatic heterocycles. The summed E-state index contributed by atoms with van der Waals surface area (Å²) in [4.78, 5) is 32.8. The highest BCUT2D eigenvalue weighted by molar-refractivity contribution is 14.1. The summed E-state index contributed by atoms with van der Waals surface area (Å²) < 4.78 is 14.5. The van der Waals surface area contributed by atoms with E-state index in [-0.39, 0.29) is 23.5 Å². The molecule has 0 amide bonds. The molecular weight excluding hydrogens is 707 g/mol. The Morgan fingerprint density at radius 2 is 1.85 bits per heavy atom. The first-order valence-electron chi connectivity index (χ1n) is 12.5. The minimum atomic E-state index is -0.792. The summed E-state index contributed by atoms with van der Waals surface area (Å²) in [6, 6.07) is 19.5. The predicted molar refractivity (Wildman–Crippen MR) is 167 cm³/mol. The molecule has 0 radical (unpaired) electrons. The number of fused-ring (bicyclic) bond motifs is 1. The number of hydrogen-bond acceptors (Lipinski definition) is 7. The lowest BCUT2D eigenvalue weighted by atomic mass is 9.93. The number of carbonyl (C=O) groups excluding carboxylic acids is 1. The van der Waals surface area contributed by atoms with Gasteiger partial charge in [0.25, 0.3) is 5.56 Å². The molecule has 1 aliphatic heterocycles. The van der Waals surface area contributed by atoms with Crippen molar-refractivity contribution in [2.45, 2.75) is 19.9 Å². The molecule has 10 heteroatoms. The van der Waals surface area contributed by atoms with Crippen LogP contribution in [0.25, 0.3) is 11.8 Å². The first-order chi connectivity index (χ1) is 19.3. The zero-order valence-electron chi connectivity index (χ0n) is 21.6. The minimum Gasteiger partial charge on any atom is -0.506 e. The smallest absolute Gasteiger partial charge is 0.338 e. The summed E-state index contributed by atoms with van der Waals surface area (Å²) in [5, 5.41) is 10.7. The quantitative estimate of drug-likeness (QED) is 0.203. The average molecular weight is 731 g/mol. The van der Waals surface area contributed by atoms with Gasteiger partial charge in [0, 0.05) is 15.6 Å². The zero-order chi connectivity index (χ0) is 28.4. The van der Waals surface area contributed by atoms with E-state index in [9.17, 15) is 14.7 Å². The van der Waals surface area contributed by atoms with E-state index in [1.807, 2.05) is 84.1 Å². The van der Waals surface area contributed by atoms with Gasteiger partial charge >= 0.3 is 5.97 Å². The van der Waals surface area contributed by atoms with Crippen molar-refractivity contribution >= 4 is 67.6 Å². The highest BCUT2D eigenvalue weighted by atomic mass is 127. The third-order valence-electron chi connectivity index (χ3n) is 6.22. The number of phenols is 1. The van der Waals surface area contributed by atoms with Crippen molar-refractivity contribution in [1.82, 2.24) is 4.57 Å². The second kappa shape index (κ2) is 12.1. The summed E-state index contributed by atoms with van der Waals surface area (Å²) in [6.45, 7) is 4.34. The number of halogens is 2. The van der Waals surface area contributed by atoms with Crippen molar-refractivity contribution < 1.29 is 19.4 Å². The van der Waals surface area contributed by atoms with Gasteiger partial charge in [-0.05, 0) is 72.3 Å². The Morgan fingerprint density at radius 3 is 2.52 bits per heavy atom. The maximum atomic E-state index is 14.0. The first kappa shape index (κ1) is 28.3. The lowest BCUT2D eigenvalue weighted by Gasteiger charge is -2.26. The molecule has 0 saturated heterocycles. The zero-order valence-corrected chi connectivity index (χ0v) is 26.1. The molecule has 1 atom stereocenters. The van der Waals surface area contributed by atoms with Crippen LogP contribution in [-0.4, -0.2) is 28.9 Å². The van der Waals surface area contributed by atoms with Gasteiger partial charge in [0.05, 0.1) is 38.6 Å². The minimum absolute atomic E-state index is 0.0786. The van der Waals surface area contributed by atoms with Crippen molar-refractivity contribution in [3.63, 3.8) is 0 Å². The number of nitrogens with zero attached hydrogens (tertiary/aromatic N) is 2. The number of carbonyl (C=O) groups is 1. The lowest BCUT2D eigenvalue weighted by molar-refractivity contribution is -0.138. The summed E-state index contributed by atoms with van der Waals surface area (Å²) >= 11 is 6.71. The highest BCUT2D eigenvalue weighted by Crippen LogP contribution is 2.36. The molecule has 5 rings (SSSR count). The van der Waals surface area contributed by atoms with Crippen LogP contribution in [-0.2, 0) is 9.53 Å². The number of phenolic OH excluding ortho intramolecular Hbond substituents is 1. The van der Waals surface area contributed by atoms with Gasteiger partial charge in [0.1, 0.15) is 11.5 Å². The molecule has 1 aliphatic rings. The van der Waals surface area contributed by atoms with Gasteiger partial charge in [-0.2, -0.15) is 0 Å². The molecule has 0 aliphatic carbocycles. The Kier molecular flexibility index (Phi) is 8.57. The predicted octanol–water partition coefficient (Wildman–Crippen LogP) is 5.41. The Labute approximate surface area is 256 Å². The van der Waals surface area contributed by atoms with E-state index < -0.39 is 12.0 Å². The molecule has 0 fully saturated rings. The lowest BCUT2D eigenvalue weighted by Crippen LogP contribution is -2.40. The molecular formula is C30H24BrIN2O5S. The molecule has 2 heterocycles. The third kappa shape index (κ3) is 5.52. The summed E-state index contributed by atoms with van der Waals surface area (Å²) in [5.41, 5.74) is 2.34. The molecule has 3 aromatic carbocycles. The average Bonchev–Trinajstić information content (AvgIpc) is 3.26. The van der Waals surface area contributed by atoms with Crippen molar-refractivity contribution in [3.05, 3.63) is 117 Å². The van der Waals surface area contributed by atoms with E-state index in [1.165, 1.54) is 15.9 Å². The number of benzene rings is 3. The number of hydrogen-bond donors (Lipinski definition) is 1. The second-order valence-corrected chi connectivity index (χ2v) is 11.8. The monoisotopic (exact) mass is 730 g/mol. The van der Waals surface area contributed by atoms with Crippen molar-refractivity contribution in [2.24, 2.45) is 4.99 Å². The van der Waals surface area contributed by atoms with Crippen LogP contribution in [0.5, 0.6) is 11.5 Å². The Morgan fingerprint density at radius 1 is 1.12 bits per heavy atom. The van der Waals surface area contributed by atoms with Crippen LogP contribution in [0.2, 0.25) is 0 Å². The van der Waals surface area contributed by atoms with E-state index in [2.05, 4.69) is 15.9 Å². The fraction of sp³-hybridized carbons (Fsp3) is 0.167. The second-order valence-electron chi connectivity index (χ2n) is 8.76. The van der Waals surface area contributed by atoms with Crippen LogP contribution in [0.3, 0.4) is 0 Å². The van der Waals surface area contributed by atoms with E-state index in [0.717, 1.165) is 10.0 Å². The van der Waals surface area contributed by atoms with Gasteiger partial charge < -0.3 is 14.6 Å². The fourth-order valence-electron chi connectivity index (χ4n) is 4.51. The van der Waals surface area contributed by atoms with Gasteiger partial charge in [0.15, 0.2) is 4.80 Å². The Balaban J connectivity index is 1.82. The van der Waals surface area contributed by atoms with E-state index >= 15 is 0 Å². The SMILES string of the molecule is CCOC(=O)C1=C(c2ccccc2)N=c2s/c(=C\c3cc(Br)cc(I)c3O)c(=O)n2[C@H]1c1ccc(OCC)cc1. The number of aromatic hydroxyl groups is 1. The van der Waals surface area contributed by atoms with Crippen molar-refractivity contribution in [1.29, 1.82) is 0 Å². The van der Waals surface area contributed by atoms with Crippen LogP contribution < -0.4 is 19.6 Å². The molecule has 7 nitrogen and oxygen atoms in total. The molecule has 0 saturated carbocycles. The van der Waals surface area contributed by atoms with Crippen molar-refractivity contribution in [2.75, 3.05) is 13.2 Å². The molecule has 1 N–H and O–H groups in total. The summed E-state index contributed by atoms with van der Waals surface area (Å²) in [6.07, 6.45) is 1.65. The van der Waals surface area contributed by atoms with Crippen LogP contribution in [0.1, 0.15) is 36.6 Å². The normalized spacial score (nSPS) is 15.0. The standard InChI is InChI=1S/C30H24BrIN2O5S/c1-3-38-21-12-10-18(11-13-21)26-24(29(37)39-4-2)25(17-8-6-5-7-9-17)33-30-34(26)28(36)23(40-30)15-19-14-20(31)16-22(32)27(19)35/h5-16,26,35H,3-4H2,1-2H3/b23-15-/t26-/m0/s1. The van der Waals surface area contributed by atoms with Gasteiger partial charge in [-0.1, -0.05) is 69.7 Å². The third-order valence-corrected chi connectivity index (χ3v) is 8.49. The van der Waals surface area contributed by atoms with E-state index in [4.69, 9.17) is 14.5 Å². The molecule has 0 spiro atoms. The molecule has 204 valence electrons. The number of thiazole rings is 1. The van der Waals surface area contributed by atoms with Crippen LogP contribution in [0.4, 0.5) is 0 Å². The fourth-order valence-corrected chi connectivity index (χ4v) is 7.05. The highest BCUT2D eigenvalue weighted by Gasteiger charge is 2.35. The van der Waals surface area contributed by atoms with Crippen LogP contribution >= 0.6 is 49.9 Å². The Hall–Kier alpha value is -3.22. The maximum Gasteiger partial charge on any atom is 0.338 e. The first-order valence-corrected chi connectivity index (χ1v) is 15.2. The summed E-state index contributed by atoms with van der Waals surface area (Å²) in [5.74, 6) is 0.218. The number of esters is 1. The molecule has 4 aromatic rings. The Bertz CT molecular complexity index is 1800. The number of aromatic nitrogens is 1. The van der Waals surface area contributed by atoms with Crippen LogP contribution in [0.15, 0.2) is 86.6 Å². The number of rotatable bonds is 7. The van der Waals surface area contributed by atoms with Gasteiger partial charge in [0.2, 0.25) is 0 Å². The van der Waals surface area contributed by atoms with Gasteiger partial charge in [-0.25, -0.2) is 9.79 Å². The van der Waals surface area contributed by atoms with E-state index in [1.54, 1.807) is 25.1 Å². The van der Waals surface area contributed by atoms with Crippen LogP contribution in [0, 0.1) is 3.57 Å².